The van der Waals surface area contributed by atoms with Gasteiger partial charge < -0.3 is 20.6 Å². The number of carboxylic acid groups (broad SMARTS) is 1. The Hall–Kier alpha value is -1.30. The quantitative estimate of drug-likeness (QED) is 0.651. The fraction of sp³-hybridized carbons (Fsp3) is 0.857. The van der Waals surface area contributed by atoms with Gasteiger partial charge in [0.25, 0.3) is 0 Å². The van der Waals surface area contributed by atoms with Gasteiger partial charge >= 0.3 is 12.0 Å². The first-order valence-electron chi connectivity index (χ1n) is 7.63. The molecule has 20 heavy (non-hydrogen) atoms. The number of rotatable bonds is 7. The molecule has 1 atom stereocenters. The molecule has 3 N–H and O–H groups in total. The zero-order valence-corrected chi connectivity index (χ0v) is 11.9. The number of likely N-dealkylation sites (tertiary alicyclic amines) is 1. The maximum atomic E-state index is 11.8. The van der Waals surface area contributed by atoms with Crippen LogP contribution in [0.15, 0.2) is 0 Å². The van der Waals surface area contributed by atoms with Crippen molar-refractivity contribution in [3.8, 4) is 0 Å². The summed E-state index contributed by atoms with van der Waals surface area (Å²) in [6.45, 7) is 3.73. The number of carbonyl (C=O) groups is 2. The van der Waals surface area contributed by atoms with Crippen molar-refractivity contribution in [2.45, 2.75) is 44.6 Å². The molecule has 6 nitrogen and oxygen atoms in total. The van der Waals surface area contributed by atoms with Crippen LogP contribution in [0.3, 0.4) is 0 Å². The van der Waals surface area contributed by atoms with E-state index in [1.807, 2.05) is 0 Å². The number of aliphatic carboxylic acids is 1. The number of urea groups is 1. The topological polar surface area (TPSA) is 81.7 Å². The van der Waals surface area contributed by atoms with Gasteiger partial charge in [-0.3, -0.25) is 4.79 Å². The molecule has 1 heterocycles. The third-order valence-corrected chi connectivity index (χ3v) is 4.06. The summed E-state index contributed by atoms with van der Waals surface area (Å²) in [5, 5.41) is 14.5. The standard InChI is InChI=1S/C14H25N3O3/c18-13(19)10-12(11-4-5-11)16-14(20)15-6-9-17-7-2-1-3-8-17/h11-12H,1-10H2,(H,18,19)(H2,15,16,20). The first-order chi connectivity index (χ1) is 9.65. The lowest BCUT2D eigenvalue weighted by Crippen LogP contribution is -2.46. The van der Waals surface area contributed by atoms with Crippen molar-refractivity contribution < 1.29 is 14.7 Å². The van der Waals surface area contributed by atoms with E-state index in [0.29, 0.717) is 12.5 Å². The highest BCUT2D eigenvalue weighted by molar-refractivity contribution is 5.75. The van der Waals surface area contributed by atoms with Crippen LogP contribution in [0, 0.1) is 5.92 Å². The van der Waals surface area contributed by atoms with Crippen LogP contribution >= 0.6 is 0 Å². The van der Waals surface area contributed by atoms with E-state index in [-0.39, 0.29) is 18.5 Å². The molecule has 0 aromatic rings. The monoisotopic (exact) mass is 283 g/mol. The van der Waals surface area contributed by atoms with Crippen LogP contribution in [0.1, 0.15) is 38.5 Å². The van der Waals surface area contributed by atoms with Crippen molar-refractivity contribution >= 4 is 12.0 Å². The van der Waals surface area contributed by atoms with Crippen LogP contribution in [0.2, 0.25) is 0 Å². The van der Waals surface area contributed by atoms with Crippen LogP contribution in [-0.2, 0) is 4.79 Å². The van der Waals surface area contributed by atoms with Gasteiger partial charge in [-0.25, -0.2) is 4.79 Å². The molecular formula is C14H25N3O3. The van der Waals surface area contributed by atoms with Crippen LogP contribution in [-0.4, -0.2) is 54.2 Å². The van der Waals surface area contributed by atoms with E-state index in [0.717, 1.165) is 32.5 Å². The smallest absolute Gasteiger partial charge is 0.315 e. The highest BCUT2D eigenvalue weighted by Crippen LogP contribution is 2.33. The Morgan fingerprint density at radius 1 is 1.20 bits per heavy atom. The molecule has 114 valence electrons. The molecule has 6 heteroatoms. The van der Waals surface area contributed by atoms with Crippen molar-refractivity contribution in [2.24, 2.45) is 5.92 Å². The molecule has 0 bridgehead atoms. The Balaban J connectivity index is 1.62. The highest BCUT2D eigenvalue weighted by Gasteiger charge is 2.33. The summed E-state index contributed by atoms with van der Waals surface area (Å²) in [6.07, 6.45) is 5.86. The van der Waals surface area contributed by atoms with Crippen LogP contribution in [0.4, 0.5) is 4.79 Å². The van der Waals surface area contributed by atoms with Gasteiger partial charge in [0.15, 0.2) is 0 Å². The van der Waals surface area contributed by atoms with Crippen LogP contribution in [0.5, 0.6) is 0 Å². The Labute approximate surface area is 119 Å². The van der Waals surface area contributed by atoms with Gasteiger partial charge in [0.2, 0.25) is 0 Å². The lowest BCUT2D eigenvalue weighted by Gasteiger charge is -2.26. The lowest BCUT2D eigenvalue weighted by atomic mass is 10.1. The van der Waals surface area contributed by atoms with Crippen molar-refractivity contribution in [1.82, 2.24) is 15.5 Å². The van der Waals surface area contributed by atoms with Gasteiger partial charge in [0, 0.05) is 19.1 Å². The minimum Gasteiger partial charge on any atom is -0.481 e. The molecule has 0 aromatic heterocycles. The molecule has 0 radical (unpaired) electrons. The normalized spacial score (nSPS) is 21.2. The van der Waals surface area contributed by atoms with Crippen molar-refractivity contribution in [2.75, 3.05) is 26.2 Å². The molecule has 0 spiro atoms. The average Bonchev–Trinajstić information content (AvgIpc) is 3.23. The molecule has 1 unspecified atom stereocenters. The first kappa shape index (κ1) is 15.1. The summed E-state index contributed by atoms with van der Waals surface area (Å²) in [7, 11) is 0. The SMILES string of the molecule is O=C(O)CC(NC(=O)NCCN1CCCCC1)C1CC1. The minimum absolute atomic E-state index is 0.0181. The third-order valence-electron chi connectivity index (χ3n) is 4.06. The zero-order chi connectivity index (χ0) is 14.4. The summed E-state index contributed by atoms with van der Waals surface area (Å²) in [5.41, 5.74) is 0. The predicted molar refractivity (Wildman–Crippen MR) is 75.6 cm³/mol. The molecule has 0 aromatic carbocycles. The van der Waals surface area contributed by atoms with Gasteiger partial charge in [-0.1, -0.05) is 6.42 Å². The number of carbonyl (C=O) groups excluding carboxylic acids is 1. The summed E-state index contributed by atoms with van der Waals surface area (Å²) < 4.78 is 0. The van der Waals surface area contributed by atoms with E-state index in [9.17, 15) is 9.59 Å². The minimum atomic E-state index is -0.851. The van der Waals surface area contributed by atoms with Gasteiger partial charge in [0.1, 0.15) is 0 Å². The lowest BCUT2D eigenvalue weighted by molar-refractivity contribution is -0.137. The molecular weight excluding hydrogens is 258 g/mol. The molecule has 2 amide bonds. The van der Waals surface area contributed by atoms with Crippen molar-refractivity contribution in [3.63, 3.8) is 0 Å². The number of carboxylic acids is 1. The van der Waals surface area contributed by atoms with Crippen molar-refractivity contribution in [3.05, 3.63) is 0 Å². The summed E-state index contributed by atoms with van der Waals surface area (Å²) in [6, 6.07) is -0.456. The third kappa shape index (κ3) is 5.36. The van der Waals surface area contributed by atoms with Gasteiger partial charge in [-0.2, -0.15) is 0 Å². The highest BCUT2D eigenvalue weighted by atomic mass is 16.4. The second-order valence-electron chi connectivity index (χ2n) is 5.84. The molecule has 1 saturated heterocycles. The second-order valence-corrected chi connectivity index (χ2v) is 5.84. The molecule has 2 aliphatic rings. The van der Waals surface area contributed by atoms with Crippen LogP contribution < -0.4 is 10.6 Å². The summed E-state index contributed by atoms with van der Waals surface area (Å²) in [5.74, 6) is -0.505. The average molecular weight is 283 g/mol. The zero-order valence-electron chi connectivity index (χ0n) is 11.9. The van der Waals surface area contributed by atoms with Crippen LogP contribution in [0.25, 0.3) is 0 Å². The maximum Gasteiger partial charge on any atom is 0.315 e. The number of nitrogens with zero attached hydrogens (tertiary/aromatic N) is 1. The molecule has 2 fully saturated rings. The number of hydrogen-bond acceptors (Lipinski definition) is 3. The Morgan fingerprint density at radius 2 is 1.90 bits per heavy atom. The molecule has 2 rings (SSSR count). The number of piperidine rings is 1. The summed E-state index contributed by atoms with van der Waals surface area (Å²) >= 11 is 0. The van der Waals surface area contributed by atoms with Gasteiger partial charge in [-0.15, -0.1) is 0 Å². The number of amides is 2. The second kappa shape index (κ2) is 7.47. The van der Waals surface area contributed by atoms with E-state index in [1.165, 1.54) is 19.3 Å². The Kier molecular flexibility index (Phi) is 5.64. The van der Waals surface area contributed by atoms with Gasteiger partial charge in [-0.05, 0) is 44.7 Å². The predicted octanol–water partition coefficient (Wildman–Crippen LogP) is 1.02. The van der Waals surface area contributed by atoms with Gasteiger partial charge in [0.05, 0.1) is 6.42 Å². The fourth-order valence-corrected chi connectivity index (χ4v) is 2.75. The Morgan fingerprint density at radius 3 is 2.50 bits per heavy atom. The largest absolute Gasteiger partial charge is 0.481 e. The first-order valence-corrected chi connectivity index (χ1v) is 7.63. The summed E-state index contributed by atoms with van der Waals surface area (Å²) in [4.78, 5) is 24.9. The molecule has 1 aliphatic carbocycles. The Bertz CT molecular complexity index is 339. The molecule has 1 saturated carbocycles. The van der Waals surface area contributed by atoms with E-state index in [4.69, 9.17) is 5.11 Å². The molecule has 1 aliphatic heterocycles. The maximum absolute atomic E-state index is 11.8. The number of nitrogens with one attached hydrogen (secondary N) is 2. The van der Waals surface area contributed by atoms with Crippen molar-refractivity contribution in [1.29, 1.82) is 0 Å². The number of hydrogen-bond donors (Lipinski definition) is 3. The van der Waals surface area contributed by atoms with E-state index in [1.54, 1.807) is 0 Å². The van der Waals surface area contributed by atoms with E-state index >= 15 is 0 Å². The van der Waals surface area contributed by atoms with E-state index < -0.39 is 5.97 Å². The van der Waals surface area contributed by atoms with E-state index in [2.05, 4.69) is 15.5 Å². The fourth-order valence-electron chi connectivity index (χ4n) is 2.75.